The van der Waals surface area contributed by atoms with E-state index in [2.05, 4.69) is 5.32 Å². The van der Waals surface area contributed by atoms with Gasteiger partial charge in [-0.2, -0.15) is 0 Å². The average Bonchev–Trinajstić information content (AvgIpc) is 2.94. The minimum atomic E-state index is -0.841. The second-order valence-corrected chi connectivity index (χ2v) is 5.99. The van der Waals surface area contributed by atoms with Crippen molar-refractivity contribution in [3.05, 3.63) is 29.6 Å². The molecule has 0 unspecified atom stereocenters. The molecule has 3 rings (SSSR count). The number of likely N-dealkylation sites (N-methyl/N-ethyl adjacent to an activating group) is 1. The molecule has 0 aliphatic carbocycles. The van der Waals surface area contributed by atoms with E-state index in [0.717, 1.165) is 0 Å². The highest BCUT2D eigenvalue weighted by Crippen LogP contribution is 2.23. The van der Waals surface area contributed by atoms with Crippen molar-refractivity contribution in [2.24, 2.45) is 0 Å². The fourth-order valence-electron chi connectivity index (χ4n) is 3.16. The van der Waals surface area contributed by atoms with Crippen LogP contribution in [0.2, 0.25) is 0 Å². The highest BCUT2D eigenvalue weighted by Gasteiger charge is 2.37. The minimum Gasteiger partial charge on any atom is -0.378 e. The summed E-state index contributed by atoms with van der Waals surface area (Å²) in [6, 6.07) is 3.46. The Morgan fingerprint density at radius 1 is 1.36 bits per heavy atom. The molecule has 2 fully saturated rings. The first-order chi connectivity index (χ1) is 12.0. The molecule has 1 aromatic rings. The Morgan fingerprint density at radius 3 is 2.64 bits per heavy atom. The predicted octanol–water partition coefficient (Wildman–Crippen LogP) is 0.540. The topological polar surface area (TPSA) is 79.0 Å². The molecule has 8 heteroatoms. The number of nitrogens with zero attached hydrogens (tertiary/aromatic N) is 2. The van der Waals surface area contributed by atoms with Crippen LogP contribution in [-0.4, -0.2) is 61.5 Å². The van der Waals surface area contributed by atoms with E-state index in [4.69, 9.17) is 4.74 Å². The molecule has 0 aromatic heterocycles. The third-order valence-electron chi connectivity index (χ3n) is 4.47. The molecule has 2 heterocycles. The molecule has 134 valence electrons. The number of nitrogens with one attached hydrogen (secondary N) is 1. The van der Waals surface area contributed by atoms with Gasteiger partial charge < -0.3 is 14.5 Å². The summed E-state index contributed by atoms with van der Waals surface area (Å²) in [7, 11) is 0. The van der Waals surface area contributed by atoms with E-state index < -0.39 is 29.6 Å². The molecule has 1 N–H and O–H groups in total. The maximum Gasteiger partial charge on any atom is 0.254 e. The standard InChI is InChI=1S/C17H20FN3O4/c1-2-21(14-10-15(22)19-16(14)23)17(24)11-3-4-13(12(18)9-11)20-5-7-25-8-6-20/h3-4,9,14H,2,5-8,10H2,1H3,(H,19,22,23)/t14-/m0/s1. The number of rotatable bonds is 4. The highest BCUT2D eigenvalue weighted by atomic mass is 19.1. The Labute approximate surface area is 144 Å². The molecule has 2 aliphatic heterocycles. The molecule has 2 saturated heterocycles. The minimum absolute atomic E-state index is 0.0627. The smallest absolute Gasteiger partial charge is 0.254 e. The van der Waals surface area contributed by atoms with Gasteiger partial charge in [0.15, 0.2) is 0 Å². The zero-order valence-electron chi connectivity index (χ0n) is 14.0. The maximum absolute atomic E-state index is 14.5. The number of amides is 3. The van der Waals surface area contributed by atoms with Crippen molar-refractivity contribution in [2.45, 2.75) is 19.4 Å². The number of imide groups is 1. The van der Waals surface area contributed by atoms with E-state index in [1.165, 1.54) is 11.0 Å². The van der Waals surface area contributed by atoms with Crippen molar-refractivity contribution >= 4 is 23.4 Å². The van der Waals surface area contributed by atoms with Gasteiger partial charge in [-0.25, -0.2) is 4.39 Å². The van der Waals surface area contributed by atoms with Crippen LogP contribution < -0.4 is 10.2 Å². The number of ether oxygens (including phenoxy) is 1. The molecule has 0 saturated carbocycles. The largest absolute Gasteiger partial charge is 0.378 e. The van der Waals surface area contributed by atoms with Crippen LogP contribution in [0.4, 0.5) is 10.1 Å². The van der Waals surface area contributed by atoms with Crippen LogP contribution in [0, 0.1) is 5.82 Å². The summed E-state index contributed by atoms with van der Waals surface area (Å²) in [5.74, 6) is -1.86. The highest BCUT2D eigenvalue weighted by molar-refractivity contribution is 6.08. The molecule has 0 bridgehead atoms. The normalized spacial score (nSPS) is 20.6. The van der Waals surface area contributed by atoms with Crippen LogP contribution in [0.1, 0.15) is 23.7 Å². The lowest BCUT2D eigenvalue weighted by atomic mass is 10.1. The fourth-order valence-corrected chi connectivity index (χ4v) is 3.16. The molecule has 3 amide bonds. The molecule has 25 heavy (non-hydrogen) atoms. The van der Waals surface area contributed by atoms with E-state index in [9.17, 15) is 18.8 Å². The van der Waals surface area contributed by atoms with Gasteiger partial charge in [-0.1, -0.05) is 0 Å². The summed E-state index contributed by atoms with van der Waals surface area (Å²) in [5.41, 5.74) is 0.584. The average molecular weight is 349 g/mol. The van der Waals surface area contributed by atoms with Gasteiger partial charge in [-0.05, 0) is 25.1 Å². The van der Waals surface area contributed by atoms with E-state index in [0.29, 0.717) is 32.0 Å². The van der Waals surface area contributed by atoms with Crippen LogP contribution in [0.3, 0.4) is 0 Å². The molecule has 1 atom stereocenters. The van der Waals surface area contributed by atoms with Gasteiger partial charge in [0, 0.05) is 25.2 Å². The van der Waals surface area contributed by atoms with Gasteiger partial charge in [-0.15, -0.1) is 0 Å². The van der Waals surface area contributed by atoms with Crippen molar-refractivity contribution in [3.8, 4) is 0 Å². The van der Waals surface area contributed by atoms with Crippen molar-refractivity contribution < 1.29 is 23.5 Å². The summed E-state index contributed by atoms with van der Waals surface area (Å²) in [4.78, 5) is 39.1. The first-order valence-electron chi connectivity index (χ1n) is 8.28. The van der Waals surface area contributed by atoms with Crippen molar-refractivity contribution in [3.63, 3.8) is 0 Å². The number of carbonyl (C=O) groups excluding carboxylic acids is 3. The Hall–Kier alpha value is -2.48. The van der Waals surface area contributed by atoms with Crippen LogP contribution >= 0.6 is 0 Å². The maximum atomic E-state index is 14.5. The van der Waals surface area contributed by atoms with E-state index in [1.54, 1.807) is 19.1 Å². The zero-order chi connectivity index (χ0) is 18.0. The Morgan fingerprint density at radius 2 is 2.08 bits per heavy atom. The number of hydrogen-bond donors (Lipinski definition) is 1. The third-order valence-corrected chi connectivity index (χ3v) is 4.47. The Bertz CT molecular complexity index is 703. The van der Waals surface area contributed by atoms with Gasteiger partial charge in [0.1, 0.15) is 11.9 Å². The van der Waals surface area contributed by atoms with E-state index in [1.807, 2.05) is 4.90 Å². The molecule has 1 aromatic carbocycles. The second kappa shape index (κ2) is 7.18. The van der Waals surface area contributed by atoms with Crippen molar-refractivity contribution in [1.29, 1.82) is 0 Å². The SMILES string of the molecule is CCN(C(=O)c1ccc(N2CCOCC2)c(F)c1)[C@H]1CC(=O)NC1=O. The van der Waals surface area contributed by atoms with E-state index >= 15 is 0 Å². The predicted molar refractivity (Wildman–Crippen MR) is 87.7 cm³/mol. The summed E-state index contributed by atoms with van der Waals surface area (Å²) in [6.45, 7) is 4.22. The summed E-state index contributed by atoms with van der Waals surface area (Å²) in [6.07, 6.45) is -0.0627. The van der Waals surface area contributed by atoms with Gasteiger partial charge in [0.2, 0.25) is 11.8 Å². The molecular weight excluding hydrogens is 329 g/mol. The summed E-state index contributed by atoms with van der Waals surface area (Å²) in [5, 5.41) is 2.19. The van der Waals surface area contributed by atoms with Crippen LogP contribution in [0.25, 0.3) is 0 Å². The van der Waals surface area contributed by atoms with Crippen LogP contribution in [-0.2, 0) is 14.3 Å². The molecule has 0 radical (unpaired) electrons. The van der Waals surface area contributed by atoms with Gasteiger partial charge in [0.25, 0.3) is 5.91 Å². The van der Waals surface area contributed by atoms with Gasteiger partial charge in [-0.3, -0.25) is 19.7 Å². The van der Waals surface area contributed by atoms with E-state index in [-0.39, 0.29) is 18.5 Å². The lowest BCUT2D eigenvalue weighted by molar-refractivity contribution is -0.126. The molecular formula is C17H20FN3O4. The third kappa shape index (κ3) is 3.48. The summed E-state index contributed by atoms with van der Waals surface area (Å²) < 4.78 is 19.7. The first kappa shape index (κ1) is 17.3. The van der Waals surface area contributed by atoms with Crippen LogP contribution in [0.5, 0.6) is 0 Å². The lowest BCUT2D eigenvalue weighted by Gasteiger charge is -2.29. The van der Waals surface area contributed by atoms with Crippen molar-refractivity contribution in [2.75, 3.05) is 37.7 Å². The fraction of sp³-hybridized carbons (Fsp3) is 0.471. The Kier molecular flexibility index (Phi) is 4.98. The number of carbonyl (C=O) groups is 3. The first-order valence-corrected chi connectivity index (χ1v) is 8.28. The monoisotopic (exact) mass is 349 g/mol. The van der Waals surface area contributed by atoms with Gasteiger partial charge in [0.05, 0.1) is 25.3 Å². The van der Waals surface area contributed by atoms with Crippen LogP contribution in [0.15, 0.2) is 18.2 Å². The zero-order valence-corrected chi connectivity index (χ0v) is 14.0. The Balaban J connectivity index is 1.80. The number of benzene rings is 1. The van der Waals surface area contributed by atoms with Crippen molar-refractivity contribution in [1.82, 2.24) is 10.2 Å². The number of halogens is 1. The molecule has 7 nitrogen and oxygen atoms in total. The lowest BCUT2D eigenvalue weighted by Crippen LogP contribution is -2.44. The number of hydrogen-bond acceptors (Lipinski definition) is 5. The molecule has 0 spiro atoms. The number of anilines is 1. The molecule has 2 aliphatic rings. The summed E-state index contributed by atoms with van der Waals surface area (Å²) >= 11 is 0. The second-order valence-electron chi connectivity index (χ2n) is 5.99. The quantitative estimate of drug-likeness (QED) is 0.803. The van der Waals surface area contributed by atoms with Gasteiger partial charge >= 0.3 is 0 Å². The number of morpholine rings is 1.